The highest BCUT2D eigenvalue weighted by Crippen LogP contribution is 2.27. The summed E-state index contributed by atoms with van der Waals surface area (Å²) in [6.07, 6.45) is 3.16. The van der Waals surface area contributed by atoms with Gasteiger partial charge in [0.15, 0.2) is 0 Å². The fraction of sp³-hybridized carbons (Fsp3) is 0.273. The zero-order valence-electron chi connectivity index (χ0n) is 15.5. The van der Waals surface area contributed by atoms with Crippen molar-refractivity contribution < 1.29 is 9.53 Å². The van der Waals surface area contributed by atoms with E-state index < -0.39 is 0 Å². The summed E-state index contributed by atoms with van der Waals surface area (Å²) < 4.78 is 7.51. The van der Waals surface area contributed by atoms with Gasteiger partial charge in [-0.2, -0.15) is 5.10 Å². The molecular weight excluding hydrogens is 374 g/mol. The molecule has 5 nitrogen and oxygen atoms in total. The molecule has 1 amide bonds. The number of rotatable bonds is 7. The highest BCUT2D eigenvalue weighted by Gasteiger charge is 2.23. The van der Waals surface area contributed by atoms with E-state index in [1.807, 2.05) is 47.1 Å². The summed E-state index contributed by atoms with van der Waals surface area (Å²) in [5.74, 6) is -0.159. The van der Waals surface area contributed by atoms with Gasteiger partial charge in [-0.05, 0) is 48.6 Å². The van der Waals surface area contributed by atoms with Crippen molar-refractivity contribution in [2.45, 2.75) is 32.4 Å². The highest BCUT2D eigenvalue weighted by molar-refractivity contribution is 6.31. The van der Waals surface area contributed by atoms with Gasteiger partial charge in [-0.15, -0.1) is 0 Å². The minimum absolute atomic E-state index is 0.00714. The maximum Gasteiger partial charge on any atom is 0.246 e. The van der Waals surface area contributed by atoms with Crippen molar-refractivity contribution in [3.63, 3.8) is 0 Å². The monoisotopic (exact) mass is 395 g/mol. The predicted molar refractivity (Wildman–Crippen MR) is 109 cm³/mol. The Bertz CT molecular complexity index is 969. The molecule has 0 bridgehead atoms. The van der Waals surface area contributed by atoms with E-state index in [0.717, 1.165) is 36.2 Å². The lowest BCUT2D eigenvalue weighted by molar-refractivity contribution is -0.126. The number of amides is 1. The van der Waals surface area contributed by atoms with E-state index in [1.54, 1.807) is 0 Å². The molecule has 144 valence electrons. The number of fused-ring (bicyclic) bond motifs is 1. The lowest BCUT2D eigenvalue weighted by Gasteiger charge is -2.07. The Kier molecular flexibility index (Phi) is 5.74. The molecular formula is C22H22ClN3O2. The van der Waals surface area contributed by atoms with Crippen molar-refractivity contribution in [1.82, 2.24) is 15.1 Å². The topological polar surface area (TPSA) is 56.1 Å². The molecule has 1 aromatic heterocycles. The summed E-state index contributed by atoms with van der Waals surface area (Å²) >= 11 is 6.10. The molecule has 3 aromatic rings. The first kappa shape index (κ1) is 18.7. The lowest BCUT2D eigenvalue weighted by Crippen LogP contribution is -2.27. The third-order valence-corrected chi connectivity index (χ3v) is 5.28. The molecule has 0 spiro atoms. The van der Waals surface area contributed by atoms with Gasteiger partial charge in [0.25, 0.3) is 0 Å². The maximum absolute atomic E-state index is 12.2. The molecule has 1 aliphatic carbocycles. The molecule has 0 saturated carbocycles. The van der Waals surface area contributed by atoms with Crippen molar-refractivity contribution in [1.29, 1.82) is 0 Å². The van der Waals surface area contributed by atoms with E-state index >= 15 is 0 Å². The van der Waals surface area contributed by atoms with E-state index in [-0.39, 0.29) is 12.5 Å². The van der Waals surface area contributed by atoms with Gasteiger partial charge in [0.05, 0.1) is 24.5 Å². The average Bonchev–Trinajstić information content (AvgIpc) is 3.32. The normalized spacial score (nSPS) is 12.8. The minimum Gasteiger partial charge on any atom is -0.367 e. The van der Waals surface area contributed by atoms with Crippen LogP contribution in [0.3, 0.4) is 0 Å². The molecule has 0 aliphatic heterocycles. The van der Waals surface area contributed by atoms with Crippen molar-refractivity contribution in [3.8, 4) is 5.69 Å². The quantitative estimate of drug-likeness (QED) is 0.661. The SMILES string of the molecule is O=C(COCc1ccccc1Cl)NCc1nn(-c2ccccc2)c2c1CCC2. The number of hydrogen-bond acceptors (Lipinski definition) is 3. The molecule has 0 atom stereocenters. The third kappa shape index (κ3) is 4.11. The third-order valence-electron chi connectivity index (χ3n) is 4.92. The number of ether oxygens (including phenoxy) is 1. The Morgan fingerprint density at radius 2 is 1.89 bits per heavy atom. The summed E-state index contributed by atoms with van der Waals surface area (Å²) in [5, 5.41) is 8.32. The summed E-state index contributed by atoms with van der Waals surface area (Å²) in [7, 11) is 0. The van der Waals surface area contributed by atoms with Crippen LogP contribution < -0.4 is 5.32 Å². The zero-order valence-corrected chi connectivity index (χ0v) is 16.3. The molecule has 4 rings (SSSR count). The number of benzene rings is 2. The molecule has 28 heavy (non-hydrogen) atoms. The number of nitrogens with zero attached hydrogens (tertiary/aromatic N) is 2. The molecule has 6 heteroatoms. The molecule has 0 fully saturated rings. The van der Waals surface area contributed by atoms with Crippen molar-refractivity contribution >= 4 is 17.5 Å². The minimum atomic E-state index is -0.159. The number of carbonyl (C=O) groups is 1. The number of aromatic nitrogens is 2. The van der Waals surface area contributed by atoms with Crippen LogP contribution in [0, 0.1) is 0 Å². The van der Waals surface area contributed by atoms with Gasteiger partial charge in [0.2, 0.25) is 5.91 Å². The molecule has 0 unspecified atom stereocenters. The van der Waals surface area contributed by atoms with E-state index in [4.69, 9.17) is 21.4 Å². The smallest absolute Gasteiger partial charge is 0.246 e. The van der Waals surface area contributed by atoms with Crippen LogP contribution in [0.2, 0.25) is 5.02 Å². The lowest BCUT2D eigenvalue weighted by atomic mass is 10.2. The number of nitrogens with one attached hydrogen (secondary N) is 1. The first-order valence-corrected chi connectivity index (χ1v) is 9.83. The molecule has 1 N–H and O–H groups in total. The van der Waals surface area contributed by atoms with Crippen LogP contribution in [0.15, 0.2) is 54.6 Å². The fourth-order valence-corrected chi connectivity index (χ4v) is 3.73. The molecule has 0 saturated heterocycles. The molecule has 2 aromatic carbocycles. The van der Waals surface area contributed by atoms with Crippen molar-refractivity contribution in [3.05, 3.63) is 82.1 Å². The van der Waals surface area contributed by atoms with Crippen LogP contribution in [0.1, 0.15) is 28.9 Å². The summed E-state index contributed by atoms with van der Waals surface area (Å²) in [6.45, 7) is 0.717. The van der Waals surface area contributed by atoms with Crippen LogP contribution in [-0.4, -0.2) is 22.3 Å². The van der Waals surface area contributed by atoms with E-state index in [2.05, 4.69) is 17.4 Å². The van der Waals surface area contributed by atoms with Crippen molar-refractivity contribution in [2.75, 3.05) is 6.61 Å². The van der Waals surface area contributed by atoms with Gasteiger partial charge in [0, 0.05) is 10.7 Å². The number of hydrogen-bond donors (Lipinski definition) is 1. The zero-order chi connectivity index (χ0) is 19.3. The van der Waals surface area contributed by atoms with Crippen LogP contribution in [0.5, 0.6) is 0 Å². The van der Waals surface area contributed by atoms with Gasteiger partial charge in [-0.1, -0.05) is 48.0 Å². The Morgan fingerprint density at radius 1 is 1.11 bits per heavy atom. The Morgan fingerprint density at radius 3 is 2.71 bits per heavy atom. The van der Waals surface area contributed by atoms with Crippen LogP contribution >= 0.6 is 11.6 Å². The average molecular weight is 396 g/mol. The Hall–Kier alpha value is -2.63. The van der Waals surface area contributed by atoms with Crippen LogP contribution in [0.4, 0.5) is 0 Å². The van der Waals surface area contributed by atoms with Crippen molar-refractivity contribution in [2.24, 2.45) is 0 Å². The van der Waals surface area contributed by atoms with Gasteiger partial charge in [-0.3, -0.25) is 4.79 Å². The largest absolute Gasteiger partial charge is 0.367 e. The van der Waals surface area contributed by atoms with E-state index in [9.17, 15) is 4.79 Å². The summed E-state index contributed by atoms with van der Waals surface area (Å²) in [5.41, 5.74) is 5.39. The first-order valence-electron chi connectivity index (χ1n) is 9.45. The van der Waals surface area contributed by atoms with Gasteiger partial charge >= 0.3 is 0 Å². The fourth-order valence-electron chi connectivity index (χ4n) is 3.54. The van der Waals surface area contributed by atoms with Crippen LogP contribution in [0.25, 0.3) is 5.69 Å². The van der Waals surface area contributed by atoms with Gasteiger partial charge in [0.1, 0.15) is 6.61 Å². The standard InChI is InChI=1S/C22H22ClN3O2/c23-19-11-5-4-7-16(19)14-28-15-22(27)24-13-20-18-10-6-12-21(18)26(25-20)17-8-2-1-3-9-17/h1-5,7-9,11H,6,10,12-15H2,(H,24,27). The maximum atomic E-state index is 12.2. The highest BCUT2D eigenvalue weighted by atomic mass is 35.5. The first-order chi connectivity index (χ1) is 13.7. The second-order valence-electron chi connectivity index (χ2n) is 6.83. The molecule has 1 heterocycles. The summed E-state index contributed by atoms with van der Waals surface area (Å²) in [4.78, 5) is 12.2. The Balaban J connectivity index is 1.35. The number of para-hydroxylation sites is 1. The predicted octanol–water partition coefficient (Wildman–Crippen LogP) is 3.85. The van der Waals surface area contributed by atoms with Gasteiger partial charge < -0.3 is 10.1 Å². The second kappa shape index (κ2) is 8.59. The number of halogens is 1. The summed E-state index contributed by atoms with van der Waals surface area (Å²) in [6, 6.07) is 17.6. The Labute approximate surface area is 169 Å². The van der Waals surface area contributed by atoms with Gasteiger partial charge in [-0.25, -0.2) is 4.68 Å². The second-order valence-corrected chi connectivity index (χ2v) is 7.24. The molecule has 1 aliphatic rings. The molecule has 0 radical (unpaired) electrons. The van der Waals surface area contributed by atoms with Crippen LogP contribution in [-0.2, 0) is 35.5 Å². The number of carbonyl (C=O) groups excluding carboxylic acids is 1. The van der Waals surface area contributed by atoms with E-state index in [1.165, 1.54) is 11.3 Å². The van der Waals surface area contributed by atoms with E-state index in [0.29, 0.717) is 18.2 Å².